The van der Waals surface area contributed by atoms with Gasteiger partial charge in [-0.1, -0.05) is 48.0 Å². The molecular weight excluding hydrogens is 364 g/mol. The van der Waals surface area contributed by atoms with E-state index in [4.69, 9.17) is 11.6 Å². The molecule has 134 valence electrons. The Morgan fingerprint density at radius 2 is 1.52 bits per heavy atom. The van der Waals surface area contributed by atoms with Crippen molar-refractivity contribution in [3.8, 4) is 0 Å². The molecule has 0 bridgehead atoms. The Bertz CT molecular complexity index is 1040. The van der Waals surface area contributed by atoms with Gasteiger partial charge >= 0.3 is 0 Å². The molecule has 6 heteroatoms. The van der Waals surface area contributed by atoms with Crippen LogP contribution in [0.4, 0.5) is 0 Å². The number of benzene rings is 3. The second-order valence-electron chi connectivity index (χ2n) is 6.21. The molecule has 0 saturated heterocycles. The maximum atomic E-state index is 12.8. The highest BCUT2D eigenvalue weighted by Crippen LogP contribution is 2.29. The van der Waals surface area contributed by atoms with Crippen LogP contribution in [-0.4, -0.2) is 35.7 Å². The Hall–Kier alpha value is -3.18. The molecule has 0 atom stereocenters. The van der Waals surface area contributed by atoms with Crippen LogP contribution in [0, 0.1) is 0 Å². The summed E-state index contributed by atoms with van der Waals surface area (Å²) < 4.78 is 0. The molecule has 3 amide bonds. The van der Waals surface area contributed by atoms with Crippen molar-refractivity contribution in [3.05, 3.63) is 82.4 Å². The van der Waals surface area contributed by atoms with E-state index in [2.05, 4.69) is 5.32 Å². The third-order valence-electron chi connectivity index (χ3n) is 4.60. The van der Waals surface area contributed by atoms with E-state index in [0.29, 0.717) is 27.1 Å². The molecule has 0 radical (unpaired) electrons. The fraction of sp³-hybridized carbons (Fsp3) is 0.0952. The van der Waals surface area contributed by atoms with Crippen LogP contribution in [-0.2, 0) is 0 Å². The Labute approximate surface area is 160 Å². The number of imide groups is 1. The zero-order chi connectivity index (χ0) is 19.0. The Morgan fingerprint density at radius 1 is 0.889 bits per heavy atom. The van der Waals surface area contributed by atoms with Gasteiger partial charge in [-0.05, 0) is 29.7 Å². The Kier molecular flexibility index (Phi) is 4.38. The van der Waals surface area contributed by atoms with Crippen LogP contribution in [0.1, 0.15) is 31.1 Å². The van der Waals surface area contributed by atoms with Crippen molar-refractivity contribution in [1.82, 2.24) is 10.2 Å². The molecule has 3 aromatic carbocycles. The minimum Gasteiger partial charge on any atom is -0.350 e. The largest absolute Gasteiger partial charge is 0.350 e. The first kappa shape index (κ1) is 17.2. The predicted molar refractivity (Wildman–Crippen MR) is 103 cm³/mol. The third-order valence-corrected chi connectivity index (χ3v) is 4.92. The van der Waals surface area contributed by atoms with Gasteiger partial charge in [0.25, 0.3) is 17.7 Å². The topological polar surface area (TPSA) is 66.5 Å². The molecule has 0 spiro atoms. The van der Waals surface area contributed by atoms with Crippen molar-refractivity contribution in [2.24, 2.45) is 0 Å². The van der Waals surface area contributed by atoms with E-state index >= 15 is 0 Å². The quantitative estimate of drug-likeness (QED) is 0.706. The lowest BCUT2D eigenvalue weighted by Gasteiger charge is -2.27. The van der Waals surface area contributed by atoms with Gasteiger partial charge in [0, 0.05) is 29.6 Å². The summed E-state index contributed by atoms with van der Waals surface area (Å²) in [5.74, 6) is -1.05. The summed E-state index contributed by atoms with van der Waals surface area (Å²) in [6, 6.07) is 17.5. The van der Waals surface area contributed by atoms with Crippen LogP contribution in [0.5, 0.6) is 0 Å². The van der Waals surface area contributed by atoms with E-state index in [0.717, 1.165) is 5.39 Å². The molecule has 27 heavy (non-hydrogen) atoms. The summed E-state index contributed by atoms with van der Waals surface area (Å²) in [7, 11) is 0. The summed E-state index contributed by atoms with van der Waals surface area (Å²) in [6.07, 6.45) is 0. The number of nitrogens with one attached hydrogen (secondary N) is 1. The van der Waals surface area contributed by atoms with Gasteiger partial charge in [-0.2, -0.15) is 0 Å². The van der Waals surface area contributed by atoms with Crippen molar-refractivity contribution < 1.29 is 14.4 Å². The molecule has 0 fully saturated rings. The van der Waals surface area contributed by atoms with Gasteiger partial charge in [0.15, 0.2) is 0 Å². The second-order valence-corrected chi connectivity index (χ2v) is 6.61. The average molecular weight is 379 g/mol. The molecule has 3 aromatic rings. The molecule has 4 rings (SSSR count). The van der Waals surface area contributed by atoms with E-state index < -0.39 is 0 Å². The fourth-order valence-electron chi connectivity index (χ4n) is 3.31. The highest BCUT2D eigenvalue weighted by atomic mass is 35.5. The van der Waals surface area contributed by atoms with Crippen molar-refractivity contribution >= 4 is 40.1 Å². The number of carbonyl (C=O) groups excluding carboxylic acids is 3. The van der Waals surface area contributed by atoms with Gasteiger partial charge < -0.3 is 5.32 Å². The minimum absolute atomic E-state index is 0.0819. The molecule has 1 heterocycles. The number of halogens is 1. The molecular formula is C21H15ClN2O3. The lowest BCUT2D eigenvalue weighted by Crippen LogP contribution is -2.44. The first-order chi connectivity index (χ1) is 13.1. The maximum Gasteiger partial charge on any atom is 0.261 e. The van der Waals surface area contributed by atoms with Crippen LogP contribution in [0.25, 0.3) is 10.8 Å². The van der Waals surface area contributed by atoms with Crippen LogP contribution in [0.3, 0.4) is 0 Å². The van der Waals surface area contributed by atoms with Crippen LogP contribution in [0.2, 0.25) is 5.02 Å². The Balaban J connectivity index is 1.52. The van der Waals surface area contributed by atoms with Crippen molar-refractivity contribution in [3.63, 3.8) is 0 Å². The van der Waals surface area contributed by atoms with Crippen LogP contribution in [0.15, 0.2) is 60.7 Å². The number of hydrogen-bond donors (Lipinski definition) is 1. The average Bonchev–Trinajstić information content (AvgIpc) is 2.68. The SMILES string of the molecule is O=C(NCCN1C(=O)c2cccc3cccc(c23)C1=O)c1ccccc1Cl. The van der Waals surface area contributed by atoms with E-state index in [1.54, 1.807) is 48.5 Å². The van der Waals surface area contributed by atoms with Gasteiger partial charge in [-0.25, -0.2) is 0 Å². The minimum atomic E-state index is -0.351. The lowest BCUT2D eigenvalue weighted by atomic mass is 9.94. The monoisotopic (exact) mass is 378 g/mol. The summed E-state index contributed by atoms with van der Waals surface area (Å²) >= 11 is 6.02. The smallest absolute Gasteiger partial charge is 0.261 e. The molecule has 1 N–H and O–H groups in total. The molecule has 0 saturated carbocycles. The van der Waals surface area contributed by atoms with Crippen molar-refractivity contribution in [2.45, 2.75) is 0 Å². The van der Waals surface area contributed by atoms with Crippen molar-refractivity contribution in [2.75, 3.05) is 13.1 Å². The molecule has 0 unspecified atom stereocenters. The maximum absolute atomic E-state index is 12.8. The zero-order valence-corrected chi connectivity index (χ0v) is 15.0. The highest BCUT2D eigenvalue weighted by Gasteiger charge is 2.32. The van der Waals surface area contributed by atoms with E-state index in [9.17, 15) is 14.4 Å². The Morgan fingerprint density at radius 3 is 2.15 bits per heavy atom. The summed E-state index contributed by atoms with van der Waals surface area (Å²) in [6.45, 7) is 0.220. The number of hydrogen-bond acceptors (Lipinski definition) is 3. The summed E-state index contributed by atoms with van der Waals surface area (Å²) in [5, 5.41) is 4.60. The van der Waals surface area contributed by atoms with Gasteiger partial charge in [-0.15, -0.1) is 0 Å². The molecule has 0 aliphatic carbocycles. The standard InChI is InChI=1S/C21H15ClN2O3/c22-17-10-2-1-7-14(17)19(25)23-11-12-24-20(26)15-8-3-5-13-6-4-9-16(18(13)15)21(24)27/h1-10H,11-12H2,(H,23,25). The fourth-order valence-corrected chi connectivity index (χ4v) is 3.53. The van der Waals surface area contributed by atoms with E-state index in [-0.39, 0.29) is 30.8 Å². The van der Waals surface area contributed by atoms with Crippen LogP contribution >= 0.6 is 11.6 Å². The molecule has 5 nitrogen and oxygen atoms in total. The van der Waals surface area contributed by atoms with E-state index in [1.165, 1.54) is 4.90 Å². The van der Waals surface area contributed by atoms with Gasteiger partial charge in [0.2, 0.25) is 0 Å². The predicted octanol–water partition coefficient (Wildman–Crippen LogP) is 3.52. The van der Waals surface area contributed by atoms with E-state index in [1.807, 2.05) is 12.1 Å². The number of nitrogens with zero attached hydrogens (tertiary/aromatic N) is 1. The highest BCUT2D eigenvalue weighted by molar-refractivity contribution is 6.33. The molecule has 0 aromatic heterocycles. The van der Waals surface area contributed by atoms with Crippen molar-refractivity contribution in [1.29, 1.82) is 0 Å². The van der Waals surface area contributed by atoms with Gasteiger partial charge in [-0.3, -0.25) is 19.3 Å². The molecule has 1 aliphatic heterocycles. The first-order valence-electron chi connectivity index (χ1n) is 8.48. The normalized spacial score (nSPS) is 13.1. The zero-order valence-electron chi connectivity index (χ0n) is 14.2. The van der Waals surface area contributed by atoms with Gasteiger partial charge in [0.05, 0.1) is 10.6 Å². The lowest BCUT2D eigenvalue weighted by molar-refractivity contribution is 0.0607. The number of carbonyl (C=O) groups is 3. The summed E-state index contributed by atoms with van der Waals surface area (Å²) in [5.41, 5.74) is 1.35. The summed E-state index contributed by atoms with van der Waals surface area (Å²) in [4.78, 5) is 39.0. The molecule has 1 aliphatic rings. The number of rotatable bonds is 4. The first-order valence-corrected chi connectivity index (χ1v) is 8.86. The second kappa shape index (κ2) is 6.85. The van der Waals surface area contributed by atoms with Crippen LogP contribution < -0.4 is 5.32 Å². The van der Waals surface area contributed by atoms with Gasteiger partial charge in [0.1, 0.15) is 0 Å². The number of amides is 3. The third kappa shape index (κ3) is 2.96.